The molecule has 0 heterocycles. The van der Waals surface area contributed by atoms with Gasteiger partial charge in [0.25, 0.3) is 0 Å². The monoisotopic (exact) mass is 964 g/mol. The summed E-state index contributed by atoms with van der Waals surface area (Å²) in [7, 11) is 0. The summed E-state index contributed by atoms with van der Waals surface area (Å²) in [6.45, 7) is 14.1. The first-order valence-corrected chi connectivity index (χ1v) is 19.4. The Labute approximate surface area is 330 Å². The molecule has 0 saturated carbocycles. The van der Waals surface area contributed by atoms with Crippen molar-refractivity contribution in [3.05, 3.63) is 162 Å². The molecule has 0 aliphatic heterocycles. The van der Waals surface area contributed by atoms with Crippen LogP contribution in [0.2, 0.25) is 0 Å². The Morgan fingerprint density at radius 3 is 1.88 bits per heavy atom. The second kappa shape index (κ2) is 15.6. The first-order valence-electron chi connectivity index (χ1n) is 16.0. The summed E-state index contributed by atoms with van der Waals surface area (Å²) in [6, 6.07) is 27.0. The molecule has 0 fully saturated rings. The molecule has 0 spiro atoms. The molecule has 0 saturated heterocycles. The molecule has 8 rings (SSSR count). The molecule has 0 N–H and O–H groups in total. The minimum atomic E-state index is 0. The van der Waals surface area contributed by atoms with Gasteiger partial charge < -0.3 is 24.8 Å². The first kappa shape index (κ1) is 38.9. The standard InChI is InChI=1S/C25H27.C13H8Br2.C5H5.2ClH.Hf/c1-14-7-8-17-20(14)22-18(23-21(17)15(2)12-25(23,5)6)11-16-9-10-24(3,4)13-19(16)22;14-12-5-1-10(2-6-12)9-11-3-7-13(15)8-4-11;1-2-4-5-3-1;;;/h7-10,12H,11,13H2,1-6H3;1-8H;1-5H;2*1H;/q-1;;-1;;;+2/p-2. The van der Waals surface area contributed by atoms with Crippen molar-refractivity contribution in [3.8, 4) is 0 Å². The van der Waals surface area contributed by atoms with Crippen LogP contribution in [-0.2, 0) is 35.7 Å². The van der Waals surface area contributed by atoms with Crippen molar-refractivity contribution in [1.82, 2.24) is 0 Å². The van der Waals surface area contributed by atoms with Gasteiger partial charge in [0.05, 0.1) is 0 Å². The smallest absolute Gasteiger partial charge is 0.00291 e. The van der Waals surface area contributed by atoms with E-state index in [4.69, 9.17) is 0 Å². The maximum Gasteiger partial charge on any atom is -0.00291 e. The molecule has 4 aliphatic carbocycles. The van der Waals surface area contributed by atoms with Gasteiger partial charge in [-0.1, -0.05) is 75.1 Å². The van der Waals surface area contributed by atoms with Crippen LogP contribution in [0.25, 0.3) is 22.8 Å². The van der Waals surface area contributed by atoms with Gasteiger partial charge in [-0.05, 0) is 53.0 Å². The summed E-state index contributed by atoms with van der Waals surface area (Å²) < 4.78 is 3.68. The summed E-state index contributed by atoms with van der Waals surface area (Å²) in [5.74, 6) is 0. The van der Waals surface area contributed by atoms with E-state index in [1.54, 1.807) is 27.8 Å². The Morgan fingerprint density at radius 1 is 0.792 bits per heavy atom. The maximum atomic E-state index is 3.46. The molecule has 4 aromatic rings. The Hall–Kier alpha value is -1.88. The van der Waals surface area contributed by atoms with Crippen LogP contribution in [0.4, 0.5) is 0 Å². The van der Waals surface area contributed by atoms with E-state index in [2.05, 4.69) is 153 Å². The van der Waals surface area contributed by atoms with Crippen LogP contribution >= 0.6 is 31.9 Å². The molecule has 48 heavy (non-hydrogen) atoms. The van der Waals surface area contributed by atoms with E-state index in [0.717, 1.165) is 45.7 Å². The normalized spacial score (nSPS) is 16.5. The quantitative estimate of drug-likeness (QED) is 0.204. The fraction of sp³-hybridized carbons (Fsp3) is 0.233. The average molecular weight is 966 g/mol. The van der Waals surface area contributed by atoms with E-state index in [1.807, 2.05) is 30.3 Å². The predicted octanol–water partition coefficient (Wildman–Crippen LogP) is 4.59. The van der Waals surface area contributed by atoms with E-state index < -0.39 is 0 Å². The molecule has 5 heteroatoms. The van der Waals surface area contributed by atoms with Gasteiger partial charge in [-0.25, -0.2) is 24.1 Å². The predicted molar refractivity (Wildman–Crippen MR) is 202 cm³/mol. The number of fused-ring (bicyclic) bond motifs is 7. The third-order valence-electron chi connectivity index (χ3n) is 9.40. The van der Waals surface area contributed by atoms with Crippen molar-refractivity contribution in [2.24, 2.45) is 5.41 Å². The van der Waals surface area contributed by atoms with E-state index in [1.165, 1.54) is 41.5 Å². The zero-order valence-corrected chi connectivity index (χ0v) is 36.6. The fourth-order valence-corrected chi connectivity index (χ4v) is 9.11. The molecular formula is C43H40Br2Cl2Hf-2. The molecule has 0 radical (unpaired) electrons. The molecule has 4 aliphatic rings. The molecule has 246 valence electrons. The van der Waals surface area contributed by atoms with E-state index in [-0.39, 0.29) is 35.6 Å². The average Bonchev–Trinajstić information content (AvgIpc) is 3.81. The third kappa shape index (κ3) is 7.87. The molecule has 0 aromatic heterocycles. The second-order valence-corrected chi connectivity index (χ2v) is 17.6. The van der Waals surface area contributed by atoms with E-state index in [9.17, 15) is 0 Å². The zero-order valence-electron chi connectivity index (χ0n) is 28.3. The van der Waals surface area contributed by atoms with Crippen LogP contribution < -0.4 is 35.3 Å². The SMILES string of the molecule is Brc1ccc([C](=[Hf+2])c2ccc(Br)cc2)cc1.CC1=CC=c2c1c1c(c3c2=C(C)[CH-]C3(C)C)CC2=C1CC(C)(C)C=C2.[Cl-].[Cl-].c1cc[cH-]c1. The Balaban J connectivity index is 0.000000195. The molecule has 0 atom stereocenters. The largest absolute Gasteiger partial charge is 1.00 e. The van der Waals surface area contributed by atoms with E-state index >= 15 is 0 Å². The van der Waals surface area contributed by atoms with Crippen molar-refractivity contribution >= 4 is 57.9 Å². The maximum absolute atomic E-state index is 3.46. The Bertz CT molecular complexity index is 1980. The van der Waals surface area contributed by atoms with Gasteiger partial charge in [-0.15, -0.1) is 5.56 Å². The zero-order chi connectivity index (χ0) is 32.8. The van der Waals surface area contributed by atoms with Crippen LogP contribution in [0.5, 0.6) is 0 Å². The molecule has 0 bridgehead atoms. The van der Waals surface area contributed by atoms with Crippen LogP contribution in [0, 0.1) is 11.8 Å². The number of rotatable bonds is 2. The number of allylic oxidation sites excluding steroid dienone is 6. The van der Waals surface area contributed by atoms with Crippen molar-refractivity contribution < 1.29 is 48.7 Å². The Morgan fingerprint density at radius 2 is 1.35 bits per heavy atom. The van der Waals surface area contributed by atoms with Gasteiger partial charge in [0, 0.05) is 0 Å². The molecule has 0 amide bonds. The fourth-order valence-electron chi connectivity index (χ4n) is 7.39. The minimum Gasteiger partial charge on any atom is -1.00 e. The van der Waals surface area contributed by atoms with Crippen LogP contribution in [0.15, 0.2) is 112 Å². The van der Waals surface area contributed by atoms with Crippen molar-refractivity contribution in [2.75, 3.05) is 0 Å². The van der Waals surface area contributed by atoms with Gasteiger partial charge in [0.2, 0.25) is 0 Å². The van der Waals surface area contributed by atoms with Gasteiger partial charge in [-0.3, -0.25) is 0 Å². The summed E-state index contributed by atoms with van der Waals surface area (Å²) in [5, 5.41) is 3.00. The van der Waals surface area contributed by atoms with Crippen molar-refractivity contribution in [2.45, 2.75) is 59.8 Å². The van der Waals surface area contributed by atoms with Gasteiger partial charge in [-0.2, -0.15) is 23.4 Å². The van der Waals surface area contributed by atoms with Crippen LogP contribution in [0.1, 0.15) is 81.3 Å². The Kier molecular flexibility index (Phi) is 12.6. The minimum absolute atomic E-state index is 0. The molecule has 0 unspecified atom stereocenters. The van der Waals surface area contributed by atoms with Gasteiger partial charge >= 0.3 is 128 Å². The summed E-state index contributed by atoms with van der Waals surface area (Å²) in [5.41, 5.74) is 15.4. The summed E-state index contributed by atoms with van der Waals surface area (Å²) in [4.78, 5) is 0. The third-order valence-corrected chi connectivity index (χ3v) is 12.5. The van der Waals surface area contributed by atoms with Crippen molar-refractivity contribution in [3.63, 3.8) is 0 Å². The molecular weight excluding hydrogens is 926 g/mol. The molecule has 0 nitrogen and oxygen atoms in total. The molecule has 4 aromatic carbocycles. The van der Waals surface area contributed by atoms with Crippen molar-refractivity contribution in [1.29, 1.82) is 0 Å². The van der Waals surface area contributed by atoms with Gasteiger partial charge in [0.1, 0.15) is 0 Å². The first-order chi connectivity index (χ1) is 21.9. The summed E-state index contributed by atoms with van der Waals surface area (Å²) in [6.07, 6.45) is 14.3. The van der Waals surface area contributed by atoms with Crippen LogP contribution in [0.3, 0.4) is 0 Å². The number of halogens is 4. The number of hydrogen-bond donors (Lipinski definition) is 0. The van der Waals surface area contributed by atoms with E-state index in [0.29, 0.717) is 0 Å². The number of benzene rings is 3. The topological polar surface area (TPSA) is 0 Å². The summed E-state index contributed by atoms with van der Waals surface area (Å²) >= 11 is 7.96. The van der Waals surface area contributed by atoms with Crippen LogP contribution in [-0.4, -0.2) is 3.26 Å². The van der Waals surface area contributed by atoms with Gasteiger partial charge in [0.15, 0.2) is 0 Å². The number of hydrogen-bond acceptors (Lipinski definition) is 0. The second-order valence-electron chi connectivity index (χ2n) is 14.0.